The van der Waals surface area contributed by atoms with Gasteiger partial charge in [-0.15, -0.1) is 0 Å². The Hall–Kier alpha value is -7.21. The van der Waals surface area contributed by atoms with Crippen LogP contribution in [0, 0.1) is 0 Å². The van der Waals surface area contributed by atoms with Crippen LogP contribution in [0.2, 0.25) is 10.0 Å². The maximum atomic E-state index is 13.5. The zero-order valence-corrected chi connectivity index (χ0v) is 46.9. The topological polar surface area (TPSA) is 248 Å². The van der Waals surface area contributed by atoms with Gasteiger partial charge in [-0.2, -0.15) is 0 Å². The summed E-state index contributed by atoms with van der Waals surface area (Å²) < 4.78 is 68.9. The molecule has 0 aliphatic rings. The molecule has 0 fully saturated rings. The second kappa shape index (κ2) is 27.2. The number of fused-ring (bicyclic) bond motifs is 2. The van der Waals surface area contributed by atoms with Crippen LogP contribution < -0.4 is 40.6 Å². The van der Waals surface area contributed by atoms with Crippen LogP contribution in [0.3, 0.4) is 0 Å². The first-order valence-corrected chi connectivity index (χ1v) is 27.7. The lowest BCUT2D eigenvalue weighted by atomic mass is 10.1. The van der Waals surface area contributed by atoms with E-state index in [0.717, 1.165) is 31.7 Å². The average molecular weight is 1130 g/mol. The number of carbonyl (C=O) groups is 1. The zero-order chi connectivity index (χ0) is 55.9. The summed E-state index contributed by atoms with van der Waals surface area (Å²) in [5, 5.41) is 10.4. The van der Waals surface area contributed by atoms with Crippen molar-refractivity contribution in [3.8, 4) is 11.5 Å². The van der Waals surface area contributed by atoms with Gasteiger partial charge < -0.3 is 41.0 Å². The van der Waals surface area contributed by atoms with Crippen molar-refractivity contribution in [3.63, 3.8) is 0 Å². The van der Waals surface area contributed by atoms with Crippen molar-refractivity contribution in [2.24, 2.45) is 5.73 Å². The van der Waals surface area contributed by atoms with Gasteiger partial charge in [-0.25, -0.2) is 36.8 Å². The maximum absolute atomic E-state index is 13.5. The van der Waals surface area contributed by atoms with Gasteiger partial charge in [0.25, 0.3) is 20.0 Å². The van der Waals surface area contributed by atoms with E-state index in [9.17, 15) is 21.6 Å². The molecule has 0 saturated heterocycles. The number of anilines is 6. The summed E-state index contributed by atoms with van der Waals surface area (Å²) in [6, 6.07) is 37.0. The fourth-order valence-corrected chi connectivity index (χ4v) is 9.56. The van der Waals surface area contributed by atoms with E-state index >= 15 is 0 Å². The van der Waals surface area contributed by atoms with Crippen molar-refractivity contribution in [1.82, 2.24) is 35.1 Å². The van der Waals surface area contributed by atoms with Crippen molar-refractivity contribution >= 4 is 106 Å². The van der Waals surface area contributed by atoms with Crippen LogP contribution in [0.15, 0.2) is 143 Å². The molecule has 406 valence electrons. The molecule has 0 radical (unpaired) electrons. The molecule has 0 bridgehead atoms. The minimum absolute atomic E-state index is 0.0270. The Balaban J connectivity index is 0.000000227. The lowest BCUT2D eigenvalue weighted by molar-refractivity contribution is 0.101. The number of methoxy groups -OCH3 is 2. The number of hydrogen-bond donors (Lipinski definition) is 6. The molecular formula is C54H62Cl2N12O7S2. The minimum atomic E-state index is -4.08. The van der Waals surface area contributed by atoms with Crippen LogP contribution in [0.4, 0.5) is 34.6 Å². The van der Waals surface area contributed by atoms with Gasteiger partial charge in [0, 0.05) is 49.9 Å². The van der Waals surface area contributed by atoms with Crippen molar-refractivity contribution < 1.29 is 31.1 Å². The van der Waals surface area contributed by atoms with E-state index < -0.39 is 20.0 Å². The number of nitrogens with zero attached hydrogens (tertiary/aromatic N) is 6. The molecule has 6 aromatic carbocycles. The second-order valence-corrected chi connectivity index (χ2v) is 21.9. The number of para-hydroxylation sites is 4. The molecule has 2 aromatic heterocycles. The van der Waals surface area contributed by atoms with E-state index in [1.165, 1.54) is 32.2 Å². The normalized spacial score (nSPS) is 11.8. The number of carbonyl (C=O) groups excluding carboxylic acids is 1. The Labute approximate surface area is 459 Å². The predicted octanol–water partition coefficient (Wildman–Crippen LogP) is 9.59. The number of sulfonamides is 2. The first-order valence-electron chi connectivity index (χ1n) is 23.9. The Morgan fingerprint density at radius 2 is 1.01 bits per heavy atom. The summed E-state index contributed by atoms with van der Waals surface area (Å²) in [4.78, 5) is 34.1. The SMILES string of the molecule is CN(C)CCN.COc1ccc(Cl)c(Nc2nc3ccccc3nc2NS(=O)(=O)c2cccc(C(C)=O)c2)c1.COc1ccc(Cl)c(Nc2nc3ccccc3nc2NS(=O)(=O)c2cccc(C(C)NCCN(C)C)c2)c1. The van der Waals surface area contributed by atoms with Gasteiger partial charge in [-0.05, 0) is 120 Å². The Morgan fingerprint density at radius 1 is 0.584 bits per heavy atom. The molecule has 8 rings (SSSR count). The number of nitrogens with one attached hydrogen (secondary N) is 5. The molecule has 0 spiro atoms. The molecule has 2 heterocycles. The van der Waals surface area contributed by atoms with Gasteiger partial charge in [-0.1, -0.05) is 71.7 Å². The third-order valence-corrected chi connectivity index (χ3v) is 14.6. The lowest BCUT2D eigenvalue weighted by Crippen LogP contribution is -2.28. The molecule has 23 heteroatoms. The highest BCUT2D eigenvalue weighted by molar-refractivity contribution is 7.93. The summed E-state index contributed by atoms with van der Waals surface area (Å²) in [5.41, 5.74) is 9.47. The van der Waals surface area contributed by atoms with Gasteiger partial charge >= 0.3 is 0 Å². The Bertz CT molecular complexity index is 3560. The summed E-state index contributed by atoms with van der Waals surface area (Å²) in [6.07, 6.45) is 0. The smallest absolute Gasteiger partial charge is 0.263 e. The first-order chi connectivity index (χ1) is 36.7. The number of Topliss-reactive ketones (excluding diaryl/α,β-unsaturated/α-hetero) is 1. The fourth-order valence-electron chi connectivity index (χ4n) is 7.11. The molecule has 1 unspecified atom stereocenters. The number of ether oxygens (including phenoxy) is 2. The van der Waals surface area contributed by atoms with Gasteiger partial charge in [0.15, 0.2) is 29.1 Å². The number of aromatic nitrogens is 4. The van der Waals surface area contributed by atoms with Gasteiger partial charge in [0.05, 0.1) is 67.5 Å². The maximum Gasteiger partial charge on any atom is 0.263 e. The average Bonchev–Trinajstić information content (AvgIpc) is 3.41. The molecule has 8 aromatic rings. The van der Waals surface area contributed by atoms with E-state index in [4.69, 9.17) is 38.4 Å². The van der Waals surface area contributed by atoms with Crippen LogP contribution in [0.1, 0.15) is 35.8 Å². The monoisotopic (exact) mass is 1120 g/mol. The zero-order valence-electron chi connectivity index (χ0n) is 43.8. The third kappa shape index (κ3) is 16.6. The molecule has 0 aliphatic heterocycles. The van der Waals surface area contributed by atoms with Crippen molar-refractivity contribution in [2.45, 2.75) is 29.7 Å². The van der Waals surface area contributed by atoms with E-state index in [2.05, 4.69) is 55.1 Å². The van der Waals surface area contributed by atoms with E-state index in [1.54, 1.807) is 104 Å². The van der Waals surface area contributed by atoms with Crippen molar-refractivity contribution in [2.75, 3.05) is 88.7 Å². The fraction of sp³-hybridized carbons (Fsp3) is 0.241. The summed E-state index contributed by atoms with van der Waals surface area (Å²) in [6.45, 7) is 6.76. The quantitative estimate of drug-likeness (QED) is 0.0389. The van der Waals surface area contributed by atoms with E-state index in [1.807, 2.05) is 53.3 Å². The number of benzene rings is 6. The van der Waals surface area contributed by atoms with Gasteiger partial charge in [-0.3, -0.25) is 14.2 Å². The number of ketones is 1. The van der Waals surface area contributed by atoms with Gasteiger partial charge in [0.1, 0.15) is 11.5 Å². The number of rotatable bonds is 20. The largest absolute Gasteiger partial charge is 0.497 e. The lowest BCUT2D eigenvalue weighted by Gasteiger charge is -2.18. The predicted molar refractivity (Wildman–Crippen MR) is 309 cm³/mol. The summed E-state index contributed by atoms with van der Waals surface area (Å²) in [7, 11) is 3.03. The Morgan fingerprint density at radius 3 is 1.42 bits per heavy atom. The minimum Gasteiger partial charge on any atom is -0.497 e. The van der Waals surface area contributed by atoms with Gasteiger partial charge in [0.2, 0.25) is 0 Å². The molecular weight excluding hydrogens is 1060 g/mol. The van der Waals surface area contributed by atoms with Crippen LogP contribution in [-0.4, -0.2) is 121 Å². The molecule has 1 atom stereocenters. The summed E-state index contributed by atoms with van der Waals surface area (Å²) >= 11 is 12.7. The number of halogens is 2. The third-order valence-electron chi connectivity index (χ3n) is 11.3. The van der Waals surface area contributed by atoms with Crippen molar-refractivity contribution in [3.05, 3.63) is 155 Å². The molecule has 0 saturated carbocycles. The second-order valence-electron chi connectivity index (χ2n) is 17.7. The van der Waals surface area contributed by atoms with Crippen LogP contribution in [0.5, 0.6) is 11.5 Å². The van der Waals surface area contributed by atoms with Crippen LogP contribution >= 0.6 is 23.2 Å². The van der Waals surface area contributed by atoms with Crippen LogP contribution in [-0.2, 0) is 20.0 Å². The van der Waals surface area contributed by atoms with E-state index in [0.29, 0.717) is 55.0 Å². The number of nitrogens with two attached hydrogens (primary N) is 1. The van der Waals surface area contributed by atoms with Crippen LogP contribution in [0.25, 0.3) is 22.1 Å². The first kappa shape index (κ1) is 59.0. The van der Waals surface area contributed by atoms with E-state index in [-0.39, 0.29) is 50.5 Å². The highest BCUT2D eigenvalue weighted by Gasteiger charge is 2.23. The molecule has 0 aliphatic carbocycles. The molecule has 19 nitrogen and oxygen atoms in total. The molecule has 77 heavy (non-hydrogen) atoms. The highest BCUT2D eigenvalue weighted by Crippen LogP contribution is 2.35. The van der Waals surface area contributed by atoms with Crippen molar-refractivity contribution in [1.29, 1.82) is 0 Å². The number of likely N-dealkylation sites (N-methyl/N-ethyl adjacent to an activating group) is 2. The summed E-state index contributed by atoms with van der Waals surface area (Å²) in [5.74, 6) is 1.27. The molecule has 7 N–H and O–H groups in total. The number of hydrogen-bond acceptors (Lipinski definition) is 17. The highest BCUT2D eigenvalue weighted by atomic mass is 35.5. The standard InChI is InChI=1S/C27H31ClN6O3S.C23H19ClN4O4S.C4H12N2/c1-18(29-14-15-34(2)3)19-8-7-9-21(16-19)38(35,36)33-27-26(30-23-10-5-6-11-24(23)31-27)32-25-17-20(37-4)12-13-22(25)28;1-14(29)15-6-5-7-17(12-15)33(30,31)28-23-22(25-19-8-3-4-9-20(19)26-23)27-21-13-16(32-2)10-11-18(21)24;1-6(2)4-3-5/h5-13,16-18,29H,14-15H2,1-4H3,(H,30,32)(H,31,33);3-13H,1-2H3,(H,25,27)(H,26,28);3-5H2,1-2H3. The molecule has 0 amide bonds. The Kier molecular flexibility index (Phi) is 20.9.